The second-order valence-corrected chi connectivity index (χ2v) is 4.23. The molecule has 0 spiro atoms. The minimum atomic E-state index is 0.0678. The van der Waals surface area contributed by atoms with Crippen LogP contribution in [0.3, 0.4) is 0 Å². The SMILES string of the molecule is CC(CC=O)c1cccc2c1NC(=O)CC2. The zero-order chi connectivity index (χ0) is 11.5. The van der Waals surface area contributed by atoms with E-state index in [1.54, 1.807) is 0 Å². The molecule has 0 aliphatic carbocycles. The highest BCUT2D eigenvalue weighted by atomic mass is 16.1. The van der Waals surface area contributed by atoms with Crippen molar-refractivity contribution in [2.24, 2.45) is 0 Å². The molecule has 1 N–H and O–H groups in total. The Labute approximate surface area is 94.9 Å². The first-order chi connectivity index (χ1) is 7.72. The van der Waals surface area contributed by atoms with E-state index in [1.807, 2.05) is 25.1 Å². The molecule has 1 atom stereocenters. The summed E-state index contributed by atoms with van der Waals surface area (Å²) in [7, 11) is 0. The van der Waals surface area contributed by atoms with Gasteiger partial charge in [-0.1, -0.05) is 25.1 Å². The summed E-state index contributed by atoms with van der Waals surface area (Å²) in [5.74, 6) is 0.226. The predicted molar refractivity (Wildman–Crippen MR) is 62.5 cm³/mol. The quantitative estimate of drug-likeness (QED) is 0.789. The Morgan fingerprint density at radius 1 is 1.44 bits per heavy atom. The summed E-state index contributed by atoms with van der Waals surface area (Å²) in [6, 6.07) is 6.01. The van der Waals surface area contributed by atoms with Gasteiger partial charge in [0.25, 0.3) is 0 Å². The van der Waals surface area contributed by atoms with Crippen LogP contribution in [0, 0.1) is 0 Å². The monoisotopic (exact) mass is 217 g/mol. The molecule has 0 bridgehead atoms. The number of nitrogens with one attached hydrogen (secondary N) is 1. The Morgan fingerprint density at radius 2 is 2.25 bits per heavy atom. The number of rotatable bonds is 3. The lowest BCUT2D eigenvalue weighted by Crippen LogP contribution is -2.20. The Hall–Kier alpha value is -1.64. The normalized spacial score (nSPS) is 16.2. The third-order valence-corrected chi connectivity index (χ3v) is 3.05. The van der Waals surface area contributed by atoms with Gasteiger partial charge in [0, 0.05) is 18.5 Å². The molecule has 1 heterocycles. The summed E-state index contributed by atoms with van der Waals surface area (Å²) in [4.78, 5) is 21.9. The summed E-state index contributed by atoms with van der Waals surface area (Å²) in [5, 5.41) is 2.91. The van der Waals surface area contributed by atoms with Crippen molar-refractivity contribution in [3.8, 4) is 0 Å². The average Bonchev–Trinajstić information content (AvgIpc) is 2.28. The number of amides is 1. The maximum atomic E-state index is 11.4. The van der Waals surface area contributed by atoms with Gasteiger partial charge in [0.1, 0.15) is 6.29 Å². The van der Waals surface area contributed by atoms with Crippen molar-refractivity contribution in [1.29, 1.82) is 0 Å². The molecule has 0 radical (unpaired) electrons. The molecule has 84 valence electrons. The lowest BCUT2D eigenvalue weighted by Gasteiger charge is -2.22. The van der Waals surface area contributed by atoms with Crippen molar-refractivity contribution in [2.45, 2.75) is 32.1 Å². The van der Waals surface area contributed by atoms with Crippen LogP contribution in [0.15, 0.2) is 18.2 Å². The summed E-state index contributed by atoms with van der Waals surface area (Å²) >= 11 is 0. The lowest BCUT2D eigenvalue weighted by atomic mass is 9.91. The molecule has 0 saturated heterocycles. The first-order valence-electron chi connectivity index (χ1n) is 5.57. The van der Waals surface area contributed by atoms with Crippen LogP contribution in [0.25, 0.3) is 0 Å². The number of anilines is 1. The van der Waals surface area contributed by atoms with E-state index in [1.165, 1.54) is 5.56 Å². The second kappa shape index (κ2) is 4.47. The fourth-order valence-corrected chi connectivity index (χ4v) is 2.11. The summed E-state index contributed by atoms with van der Waals surface area (Å²) in [6.45, 7) is 2.00. The Kier molecular flexibility index (Phi) is 3.04. The number of carbonyl (C=O) groups is 2. The number of benzene rings is 1. The van der Waals surface area contributed by atoms with Gasteiger partial charge in [0.05, 0.1) is 0 Å². The van der Waals surface area contributed by atoms with Crippen molar-refractivity contribution >= 4 is 17.9 Å². The maximum absolute atomic E-state index is 11.4. The van der Waals surface area contributed by atoms with E-state index in [9.17, 15) is 9.59 Å². The number of aldehydes is 1. The van der Waals surface area contributed by atoms with E-state index in [0.29, 0.717) is 12.8 Å². The first-order valence-corrected chi connectivity index (χ1v) is 5.57. The highest BCUT2D eigenvalue weighted by Gasteiger charge is 2.19. The van der Waals surface area contributed by atoms with Gasteiger partial charge in [-0.05, 0) is 23.5 Å². The summed E-state index contributed by atoms with van der Waals surface area (Å²) in [6.07, 6.45) is 2.77. The Bertz CT molecular complexity index is 426. The van der Waals surface area contributed by atoms with Crippen LogP contribution < -0.4 is 5.32 Å². The first kappa shape index (κ1) is 10.9. The van der Waals surface area contributed by atoms with Crippen molar-refractivity contribution < 1.29 is 9.59 Å². The summed E-state index contributed by atoms with van der Waals surface area (Å²) < 4.78 is 0. The molecule has 1 amide bonds. The van der Waals surface area contributed by atoms with Crippen molar-refractivity contribution in [3.63, 3.8) is 0 Å². The molecule has 3 heteroatoms. The molecule has 1 aromatic carbocycles. The molecule has 1 aliphatic rings. The Morgan fingerprint density at radius 3 is 3.00 bits per heavy atom. The number of hydrogen-bond donors (Lipinski definition) is 1. The van der Waals surface area contributed by atoms with Crippen LogP contribution in [0.1, 0.15) is 36.8 Å². The van der Waals surface area contributed by atoms with E-state index < -0.39 is 0 Å². The van der Waals surface area contributed by atoms with Gasteiger partial charge in [0.15, 0.2) is 0 Å². The van der Waals surface area contributed by atoms with Gasteiger partial charge in [-0.25, -0.2) is 0 Å². The van der Waals surface area contributed by atoms with Gasteiger partial charge in [-0.15, -0.1) is 0 Å². The largest absolute Gasteiger partial charge is 0.326 e. The minimum absolute atomic E-state index is 0.0678. The summed E-state index contributed by atoms with van der Waals surface area (Å²) in [5.41, 5.74) is 3.17. The molecule has 2 rings (SSSR count). The molecule has 0 aromatic heterocycles. The standard InChI is InChI=1S/C13H15NO2/c1-9(7-8-15)11-4-2-3-10-5-6-12(16)14-13(10)11/h2-4,8-9H,5-7H2,1H3,(H,14,16). The predicted octanol–water partition coefficient (Wildman–Crippen LogP) is 2.26. The maximum Gasteiger partial charge on any atom is 0.224 e. The van der Waals surface area contributed by atoms with Crippen LogP contribution >= 0.6 is 0 Å². The third-order valence-electron chi connectivity index (χ3n) is 3.05. The van der Waals surface area contributed by atoms with Crippen LogP contribution in [0.5, 0.6) is 0 Å². The van der Waals surface area contributed by atoms with Crippen LogP contribution in [0.4, 0.5) is 5.69 Å². The number of fused-ring (bicyclic) bond motifs is 1. The number of carbonyl (C=O) groups excluding carboxylic acids is 2. The molecule has 1 aliphatic heterocycles. The van der Waals surface area contributed by atoms with E-state index in [2.05, 4.69) is 5.32 Å². The van der Waals surface area contributed by atoms with Gasteiger partial charge in [-0.3, -0.25) is 4.79 Å². The molecular weight excluding hydrogens is 202 g/mol. The topological polar surface area (TPSA) is 46.2 Å². The van der Waals surface area contributed by atoms with Gasteiger partial charge >= 0.3 is 0 Å². The molecule has 3 nitrogen and oxygen atoms in total. The molecule has 0 fully saturated rings. The molecule has 0 saturated carbocycles. The van der Waals surface area contributed by atoms with Crippen molar-refractivity contribution in [3.05, 3.63) is 29.3 Å². The fraction of sp³-hybridized carbons (Fsp3) is 0.385. The molecule has 16 heavy (non-hydrogen) atoms. The zero-order valence-electron chi connectivity index (χ0n) is 9.32. The van der Waals surface area contributed by atoms with Gasteiger partial charge in [-0.2, -0.15) is 0 Å². The molecular formula is C13H15NO2. The zero-order valence-corrected chi connectivity index (χ0v) is 9.32. The van der Waals surface area contributed by atoms with Crippen molar-refractivity contribution in [2.75, 3.05) is 5.32 Å². The smallest absolute Gasteiger partial charge is 0.224 e. The highest BCUT2D eigenvalue weighted by Crippen LogP contribution is 2.32. The number of aryl methyl sites for hydroxylation is 1. The van der Waals surface area contributed by atoms with Crippen LogP contribution in [0.2, 0.25) is 0 Å². The number of para-hydroxylation sites is 1. The lowest BCUT2D eigenvalue weighted by molar-refractivity contribution is -0.116. The van der Waals surface area contributed by atoms with Crippen molar-refractivity contribution in [1.82, 2.24) is 0 Å². The highest BCUT2D eigenvalue weighted by molar-refractivity contribution is 5.95. The fourth-order valence-electron chi connectivity index (χ4n) is 2.11. The molecule has 1 aromatic rings. The van der Waals surface area contributed by atoms with E-state index in [0.717, 1.165) is 24.0 Å². The second-order valence-electron chi connectivity index (χ2n) is 4.23. The van der Waals surface area contributed by atoms with E-state index in [4.69, 9.17) is 0 Å². The van der Waals surface area contributed by atoms with Gasteiger partial charge < -0.3 is 10.1 Å². The minimum Gasteiger partial charge on any atom is -0.326 e. The van der Waals surface area contributed by atoms with Crippen LogP contribution in [-0.4, -0.2) is 12.2 Å². The number of hydrogen-bond acceptors (Lipinski definition) is 2. The van der Waals surface area contributed by atoms with E-state index >= 15 is 0 Å². The van der Waals surface area contributed by atoms with Crippen LogP contribution in [-0.2, 0) is 16.0 Å². The van der Waals surface area contributed by atoms with E-state index in [-0.39, 0.29) is 11.8 Å². The Balaban J connectivity index is 2.38. The van der Waals surface area contributed by atoms with Gasteiger partial charge in [0.2, 0.25) is 5.91 Å². The third kappa shape index (κ3) is 1.98. The molecule has 1 unspecified atom stereocenters. The average molecular weight is 217 g/mol.